The van der Waals surface area contributed by atoms with Crippen molar-refractivity contribution in [3.8, 4) is 11.8 Å². The number of H-pyrrole nitrogens is 1. The van der Waals surface area contributed by atoms with Gasteiger partial charge in [0.1, 0.15) is 23.4 Å². The number of hydrogen-bond acceptors (Lipinski definition) is 7. The van der Waals surface area contributed by atoms with Gasteiger partial charge in [0.15, 0.2) is 5.82 Å². The number of carbonyl (C=O) groups is 1. The number of ether oxygens (including phenoxy) is 1. The van der Waals surface area contributed by atoms with Gasteiger partial charge in [-0.25, -0.2) is 4.98 Å². The van der Waals surface area contributed by atoms with E-state index in [2.05, 4.69) is 26.6 Å². The van der Waals surface area contributed by atoms with Crippen molar-refractivity contribution in [2.24, 2.45) is 0 Å². The maximum atomic E-state index is 12.8. The summed E-state index contributed by atoms with van der Waals surface area (Å²) in [5, 5.41) is 20.4. The Balaban J connectivity index is 1.35. The maximum Gasteiger partial charge on any atom is 0.238 e. The number of anilines is 1. The molecular formula is C23H25N5O2S2. The third-order valence-electron chi connectivity index (χ3n) is 5.39. The van der Waals surface area contributed by atoms with Gasteiger partial charge in [-0.05, 0) is 56.7 Å². The number of fused-ring (bicyclic) bond motifs is 1. The second-order valence-electron chi connectivity index (χ2n) is 7.75. The van der Waals surface area contributed by atoms with Crippen molar-refractivity contribution in [1.29, 1.82) is 5.26 Å². The van der Waals surface area contributed by atoms with Crippen LogP contribution in [0.25, 0.3) is 0 Å². The van der Waals surface area contributed by atoms with Gasteiger partial charge in [-0.15, -0.1) is 16.4 Å². The Kier molecular flexibility index (Phi) is 7.12. The van der Waals surface area contributed by atoms with Crippen LogP contribution < -0.4 is 10.1 Å². The molecule has 3 aromatic rings. The molecule has 4 rings (SSSR count). The average molecular weight is 468 g/mol. The molecule has 1 atom stereocenters. The Morgan fingerprint density at radius 3 is 2.97 bits per heavy atom. The molecule has 166 valence electrons. The zero-order valence-electron chi connectivity index (χ0n) is 18.1. The number of hydrogen-bond donors (Lipinski definition) is 2. The van der Waals surface area contributed by atoms with Gasteiger partial charge in [0.05, 0.1) is 10.8 Å². The first-order valence-corrected chi connectivity index (χ1v) is 12.4. The first-order valence-electron chi connectivity index (χ1n) is 10.7. The topological polar surface area (TPSA) is 104 Å². The molecule has 32 heavy (non-hydrogen) atoms. The first-order chi connectivity index (χ1) is 15.5. The van der Waals surface area contributed by atoms with E-state index in [0.29, 0.717) is 21.5 Å². The van der Waals surface area contributed by atoms with Crippen LogP contribution in [0.15, 0.2) is 29.4 Å². The smallest absolute Gasteiger partial charge is 0.238 e. The highest BCUT2D eigenvalue weighted by Gasteiger charge is 2.23. The summed E-state index contributed by atoms with van der Waals surface area (Å²) >= 11 is 2.81. The van der Waals surface area contributed by atoms with Crippen molar-refractivity contribution in [3.63, 3.8) is 0 Å². The first kappa shape index (κ1) is 22.4. The van der Waals surface area contributed by atoms with Crippen LogP contribution in [0.2, 0.25) is 0 Å². The monoisotopic (exact) mass is 467 g/mol. The van der Waals surface area contributed by atoms with E-state index in [0.717, 1.165) is 42.6 Å². The standard InChI is InChI=1S/C23H25N5O2S2/c1-14-8-6-7-10-18(14)30-13-20-25-23(28-27-20)31-15(2)21(29)26-22-17(12-24)16-9-4-3-5-11-19(16)32-22/h6-8,10,15H,3-5,9,11,13H2,1-2H3,(H,26,29)(H,25,27,28). The van der Waals surface area contributed by atoms with E-state index in [4.69, 9.17) is 4.74 Å². The summed E-state index contributed by atoms with van der Waals surface area (Å²) in [5.41, 5.74) is 2.80. The Hall–Kier alpha value is -2.83. The van der Waals surface area contributed by atoms with Crippen LogP contribution in [-0.2, 0) is 24.2 Å². The van der Waals surface area contributed by atoms with Crippen molar-refractivity contribution in [3.05, 3.63) is 51.7 Å². The normalized spacial score (nSPS) is 14.2. The number of thiophene rings is 1. The van der Waals surface area contributed by atoms with E-state index in [9.17, 15) is 10.1 Å². The zero-order chi connectivity index (χ0) is 22.5. The number of benzene rings is 1. The number of nitrogens with one attached hydrogen (secondary N) is 2. The minimum atomic E-state index is -0.413. The molecule has 2 heterocycles. The molecule has 1 aliphatic rings. The van der Waals surface area contributed by atoms with E-state index in [1.54, 1.807) is 11.3 Å². The van der Waals surface area contributed by atoms with Gasteiger partial charge in [0.25, 0.3) is 0 Å². The molecule has 1 unspecified atom stereocenters. The van der Waals surface area contributed by atoms with Crippen molar-refractivity contribution in [2.45, 2.75) is 63.0 Å². The van der Waals surface area contributed by atoms with Gasteiger partial charge in [0.2, 0.25) is 11.1 Å². The molecule has 1 aromatic carbocycles. The van der Waals surface area contributed by atoms with Crippen LogP contribution in [0.4, 0.5) is 5.00 Å². The highest BCUT2D eigenvalue weighted by atomic mass is 32.2. The predicted octanol–water partition coefficient (Wildman–Crippen LogP) is 5.01. The van der Waals surface area contributed by atoms with Gasteiger partial charge < -0.3 is 10.1 Å². The number of nitrogens with zero attached hydrogens (tertiary/aromatic N) is 3. The fourth-order valence-electron chi connectivity index (χ4n) is 3.63. The number of amides is 1. The van der Waals surface area contributed by atoms with Gasteiger partial charge >= 0.3 is 0 Å². The van der Waals surface area contributed by atoms with Gasteiger partial charge in [-0.1, -0.05) is 36.4 Å². The highest BCUT2D eigenvalue weighted by molar-refractivity contribution is 8.00. The Bertz CT molecular complexity index is 1150. The number of thioether (sulfide) groups is 1. The molecule has 0 saturated heterocycles. The maximum absolute atomic E-state index is 12.8. The molecule has 9 heteroatoms. The van der Waals surface area contributed by atoms with Gasteiger partial charge in [0, 0.05) is 4.88 Å². The molecular weight excluding hydrogens is 442 g/mol. The van der Waals surface area contributed by atoms with Crippen molar-refractivity contribution < 1.29 is 9.53 Å². The van der Waals surface area contributed by atoms with Gasteiger partial charge in [-0.3, -0.25) is 9.89 Å². The van der Waals surface area contributed by atoms with Crippen molar-refractivity contribution in [2.75, 3.05) is 5.32 Å². The SMILES string of the molecule is Cc1ccccc1OCc1nc(SC(C)C(=O)Nc2sc3c(c2C#N)CCCCC3)n[nH]1. The summed E-state index contributed by atoms with van der Waals surface area (Å²) in [5.74, 6) is 1.23. The summed E-state index contributed by atoms with van der Waals surface area (Å²) < 4.78 is 5.79. The molecule has 0 bridgehead atoms. The van der Waals surface area contributed by atoms with E-state index in [1.165, 1.54) is 23.1 Å². The van der Waals surface area contributed by atoms with Crippen LogP contribution in [0.5, 0.6) is 5.75 Å². The second kappa shape index (κ2) is 10.2. The molecule has 0 aliphatic heterocycles. The number of aryl methyl sites for hydroxylation is 2. The minimum Gasteiger partial charge on any atom is -0.485 e. The summed E-state index contributed by atoms with van der Waals surface area (Å²) in [6, 6.07) is 10.1. The summed E-state index contributed by atoms with van der Waals surface area (Å²) in [6.07, 6.45) is 5.33. The fraction of sp³-hybridized carbons (Fsp3) is 0.391. The largest absolute Gasteiger partial charge is 0.485 e. The zero-order valence-corrected chi connectivity index (χ0v) is 19.7. The van der Waals surface area contributed by atoms with Crippen LogP contribution in [0.3, 0.4) is 0 Å². The number of rotatable bonds is 7. The molecule has 0 saturated carbocycles. The molecule has 0 radical (unpaired) electrons. The third kappa shape index (κ3) is 5.14. The number of aromatic amines is 1. The quantitative estimate of drug-likeness (QED) is 0.374. The molecule has 2 aromatic heterocycles. The molecule has 7 nitrogen and oxygen atoms in total. The minimum absolute atomic E-state index is 0.162. The lowest BCUT2D eigenvalue weighted by Crippen LogP contribution is -2.22. The van der Waals surface area contributed by atoms with Crippen LogP contribution in [0, 0.1) is 18.3 Å². The van der Waals surface area contributed by atoms with E-state index < -0.39 is 5.25 Å². The fourth-order valence-corrected chi connectivity index (χ4v) is 5.62. The molecule has 0 spiro atoms. The lowest BCUT2D eigenvalue weighted by Gasteiger charge is -2.09. The predicted molar refractivity (Wildman–Crippen MR) is 126 cm³/mol. The van der Waals surface area contributed by atoms with Crippen LogP contribution >= 0.6 is 23.1 Å². The second-order valence-corrected chi connectivity index (χ2v) is 10.2. The number of para-hydroxylation sites is 1. The number of aromatic nitrogens is 3. The third-order valence-corrected chi connectivity index (χ3v) is 7.56. The van der Waals surface area contributed by atoms with Crippen molar-refractivity contribution in [1.82, 2.24) is 15.2 Å². The lowest BCUT2D eigenvalue weighted by atomic mass is 10.1. The summed E-state index contributed by atoms with van der Waals surface area (Å²) in [6.45, 7) is 4.07. The number of nitriles is 1. The molecule has 1 aliphatic carbocycles. The lowest BCUT2D eigenvalue weighted by molar-refractivity contribution is -0.115. The Morgan fingerprint density at radius 1 is 1.34 bits per heavy atom. The number of carbonyl (C=O) groups excluding carboxylic acids is 1. The van der Waals surface area contributed by atoms with Crippen LogP contribution in [-0.4, -0.2) is 26.3 Å². The average Bonchev–Trinajstić information content (AvgIpc) is 3.29. The van der Waals surface area contributed by atoms with E-state index >= 15 is 0 Å². The van der Waals surface area contributed by atoms with Gasteiger partial charge in [-0.2, -0.15) is 5.26 Å². The van der Waals surface area contributed by atoms with E-state index in [1.807, 2.05) is 38.1 Å². The summed E-state index contributed by atoms with van der Waals surface area (Å²) in [4.78, 5) is 18.5. The Morgan fingerprint density at radius 2 is 2.16 bits per heavy atom. The highest BCUT2D eigenvalue weighted by Crippen LogP contribution is 2.37. The summed E-state index contributed by atoms with van der Waals surface area (Å²) in [7, 11) is 0. The molecule has 0 fully saturated rings. The Labute approximate surface area is 195 Å². The molecule has 2 N–H and O–H groups in total. The van der Waals surface area contributed by atoms with E-state index in [-0.39, 0.29) is 12.5 Å². The van der Waals surface area contributed by atoms with Crippen LogP contribution in [0.1, 0.15) is 53.6 Å². The van der Waals surface area contributed by atoms with Crippen molar-refractivity contribution >= 4 is 34.0 Å². The molecule has 1 amide bonds.